The zero-order valence-electron chi connectivity index (χ0n) is 14.9. The smallest absolute Gasteiger partial charge is 0.239 e. The van der Waals surface area contributed by atoms with Crippen molar-refractivity contribution in [1.82, 2.24) is 10.2 Å². The molecule has 2 amide bonds. The van der Waals surface area contributed by atoms with E-state index in [1.165, 1.54) is 24.1 Å². The van der Waals surface area contributed by atoms with Crippen molar-refractivity contribution < 1.29 is 23.1 Å². The molecule has 0 aliphatic carbocycles. The predicted molar refractivity (Wildman–Crippen MR) is 95.1 cm³/mol. The van der Waals surface area contributed by atoms with Crippen LogP contribution in [0, 0.1) is 11.6 Å². The van der Waals surface area contributed by atoms with E-state index in [1.54, 1.807) is 0 Å². The first-order valence-electron chi connectivity index (χ1n) is 8.60. The number of rotatable bonds is 6. The first-order chi connectivity index (χ1) is 13.0. The Balaban J connectivity index is 1.55. The molecule has 1 aliphatic heterocycles. The number of halogens is 2. The first-order valence-corrected chi connectivity index (χ1v) is 8.60. The molecule has 0 spiro atoms. The van der Waals surface area contributed by atoms with Crippen molar-refractivity contribution in [1.29, 1.82) is 0 Å². The van der Waals surface area contributed by atoms with Crippen LogP contribution in [0.4, 0.5) is 8.78 Å². The average molecular weight is 374 g/mol. The summed E-state index contributed by atoms with van der Waals surface area (Å²) in [7, 11) is 1.25. The lowest BCUT2D eigenvalue weighted by Gasteiger charge is -2.17. The molecule has 2 aromatic rings. The van der Waals surface area contributed by atoms with Gasteiger partial charge in [0.25, 0.3) is 0 Å². The molecule has 0 unspecified atom stereocenters. The van der Waals surface area contributed by atoms with Crippen LogP contribution in [0.5, 0.6) is 5.75 Å². The van der Waals surface area contributed by atoms with Gasteiger partial charge in [0.2, 0.25) is 17.6 Å². The van der Waals surface area contributed by atoms with E-state index in [4.69, 9.17) is 4.74 Å². The molecule has 7 heteroatoms. The molecule has 1 fully saturated rings. The van der Waals surface area contributed by atoms with Crippen LogP contribution >= 0.6 is 0 Å². The highest BCUT2D eigenvalue weighted by atomic mass is 19.2. The van der Waals surface area contributed by atoms with Crippen LogP contribution in [0.1, 0.15) is 23.5 Å². The SMILES string of the molecule is COc1ccc(CNC(=O)CN2C[C@H](c3ccccc3)CC2=O)c(F)c1F. The summed E-state index contributed by atoms with van der Waals surface area (Å²) in [5.74, 6) is -2.81. The summed E-state index contributed by atoms with van der Waals surface area (Å²) in [6.45, 7) is 0.180. The van der Waals surface area contributed by atoms with E-state index in [0.29, 0.717) is 13.0 Å². The van der Waals surface area contributed by atoms with Gasteiger partial charge >= 0.3 is 0 Å². The summed E-state index contributed by atoms with van der Waals surface area (Å²) in [5.41, 5.74) is 1.07. The second-order valence-corrected chi connectivity index (χ2v) is 6.42. The maximum absolute atomic E-state index is 13.9. The van der Waals surface area contributed by atoms with Gasteiger partial charge in [0.1, 0.15) is 0 Å². The number of likely N-dealkylation sites (tertiary alicyclic amines) is 1. The fourth-order valence-electron chi connectivity index (χ4n) is 3.16. The van der Waals surface area contributed by atoms with E-state index in [1.807, 2.05) is 30.3 Å². The Morgan fingerprint density at radius 1 is 1.19 bits per heavy atom. The standard InChI is InChI=1S/C20H20F2N2O3/c1-27-16-8-7-14(19(21)20(16)22)10-23-17(25)12-24-11-15(9-18(24)26)13-5-3-2-4-6-13/h2-8,15H,9-12H2,1H3,(H,23,25)/t15-/m1/s1. The van der Waals surface area contributed by atoms with E-state index in [9.17, 15) is 18.4 Å². The Bertz CT molecular complexity index is 843. The van der Waals surface area contributed by atoms with Gasteiger partial charge in [-0.05, 0) is 11.6 Å². The van der Waals surface area contributed by atoms with Gasteiger partial charge in [-0.15, -0.1) is 0 Å². The number of ether oxygens (including phenoxy) is 1. The van der Waals surface area contributed by atoms with Gasteiger partial charge in [-0.2, -0.15) is 4.39 Å². The third-order valence-corrected chi connectivity index (χ3v) is 4.64. The van der Waals surface area contributed by atoms with Crippen molar-refractivity contribution >= 4 is 11.8 Å². The lowest BCUT2D eigenvalue weighted by atomic mass is 9.99. The fraction of sp³-hybridized carbons (Fsp3) is 0.300. The topological polar surface area (TPSA) is 58.6 Å². The molecule has 0 bridgehead atoms. The molecule has 0 aromatic heterocycles. The number of carbonyl (C=O) groups excluding carboxylic acids is 2. The molecular weight excluding hydrogens is 354 g/mol. The summed E-state index contributed by atoms with van der Waals surface area (Å²) in [5, 5.41) is 2.53. The van der Waals surface area contributed by atoms with Crippen LogP contribution in [-0.4, -0.2) is 36.9 Å². The second kappa shape index (κ2) is 8.16. The minimum atomic E-state index is -1.09. The van der Waals surface area contributed by atoms with Crippen LogP contribution in [0.25, 0.3) is 0 Å². The van der Waals surface area contributed by atoms with E-state index < -0.39 is 17.5 Å². The molecule has 1 aliphatic rings. The number of carbonyl (C=O) groups is 2. The predicted octanol–water partition coefficient (Wildman–Crippen LogP) is 2.61. The third kappa shape index (κ3) is 4.24. The zero-order valence-corrected chi connectivity index (χ0v) is 14.9. The normalized spacial score (nSPS) is 16.5. The molecule has 1 N–H and O–H groups in total. The lowest BCUT2D eigenvalue weighted by Crippen LogP contribution is -2.37. The van der Waals surface area contributed by atoms with E-state index in [0.717, 1.165) is 5.56 Å². The Morgan fingerprint density at radius 3 is 2.63 bits per heavy atom. The largest absolute Gasteiger partial charge is 0.494 e. The van der Waals surface area contributed by atoms with E-state index >= 15 is 0 Å². The Hall–Kier alpha value is -2.96. The molecule has 0 saturated carbocycles. The zero-order chi connectivity index (χ0) is 19.4. The number of benzene rings is 2. The highest BCUT2D eigenvalue weighted by Crippen LogP contribution is 2.27. The molecule has 1 atom stereocenters. The van der Waals surface area contributed by atoms with Gasteiger partial charge in [-0.1, -0.05) is 36.4 Å². The van der Waals surface area contributed by atoms with Crippen LogP contribution < -0.4 is 10.1 Å². The number of nitrogens with zero attached hydrogens (tertiary/aromatic N) is 1. The van der Waals surface area contributed by atoms with Crippen molar-refractivity contribution in [3.05, 3.63) is 65.2 Å². The summed E-state index contributed by atoms with van der Waals surface area (Å²) >= 11 is 0. The number of methoxy groups -OCH3 is 1. The van der Waals surface area contributed by atoms with Crippen LogP contribution in [-0.2, 0) is 16.1 Å². The highest BCUT2D eigenvalue weighted by Gasteiger charge is 2.31. The third-order valence-electron chi connectivity index (χ3n) is 4.64. The van der Waals surface area contributed by atoms with Gasteiger partial charge in [0, 0.05) is 31.0 Å². The van der Waals surface area contributed by atoms with Gasteiger partial charge in [0.05, 0.1) is 13.7 Å². The van der Waals surface area contributed by atoms with E-state index in [-0.39, 0.29) is 36.2 Å². The van der Waals surface area contributed by atoms with Crippen molar-refractivity contribution in [2.75, 3.05) is 20.2 Å². The number of amides is 2. The molecule has 142 valence electrons. The van der Waals surface area contributed by atoms with E-state index in [2.05, 4.69) is 5.32 Å². The van der Waals surface area contributed by atoms with Crippen molar-refractivity contribution in [2.24, 2.45) is 0 Å². The van der Waals surface area contributed by atoms with Crippen LogP contribution in [0.2, 0.25) is 0 Å². The maximum atomic E-state index is 13.9. The molecule has 27 heavy (non-hydrogen) atoms. The van der Waals surface area contributed by atoms with Gasteiger partial charge in [0.15, 0.2) is 11.6 Å². The molecule has 1 heterocycles. The maximum Gasteiger partial charge on any atom is 0.239 e. The van der Waals surface area contributed by atoms with Crippen molar-refractivity contribution in [3.63, 3.8) is 0 Å². The molecule has 3 rings (SSSR count). The molecule has 5 nitrogen and oxygen atoms in total. The fourth-order valence-corrected chi connectivity index (χ4v) is 3.16. The van der Waals surface area contributed by atoms with Crippen molar-refractivity contribution in [2.45, 2.75) is 18.9 Å². The van der Waals surface area contributed by atoms with Crippen LogP contribution in [0.15, 0.2) is 42.5 Å². The molecular formula is C20H20F2N2O3. The lowest BCUT2D eigenvalue weighted by molar-refractivity contribution is -0.133. The molecule has 0 radical (unpaired) electrons. The minimum Gasteiger partial charge on any atom is -0.494 e. The average Bonchev–Trinajstić information content (AvgIpc) is 3.04. The Kier molecular flexibility index (Phi) is 5.69. The Morgan fingerprint density at radius 2 is 1.93 bits per heavy atom. The summed E-state index contributed by atoms with van der Waals surface area (Å²) in [6, 6.07) is 12.3. The number of nitrogens with one attached hydrogen (secondary N) is 1. The van der Waals surface area contributed by atoms with Gasteiger partial charge in [-0.25, -0.2) is 4.39 Å². The number of hydrogen-bond acceptors (Lipinski definition) is 3. The summed E-state index contributed by atoms with van der Waals surface area (Å²) in [6.07, 6.45) is 0.357. The summed E-state index contributed by atoms with van der Waals surface area (Å²) in [4.78, 5) is 25.8. The van der Waals surface area contributed by atoms with Gasteiger partial charge in [-0.3, -0.25) is 9.59 Å². The summed E-state index contributed by atoms with van der Waals surface area (Å²) < 4.78 is 32.3. The van der Waals surface area contributed by atoms with Crippen LogP contribution in [0.3, 0.4) is 0 Å². The Labute approximate surface area is 155 Å². The molecule has 1 saturated heterocycles. The highest BCUT2D eigenvalue weighted by molar-refractivity contribution is 5.86. The number of hydrogen-bond donors (Lipinski definition) is 1. The van der Waals surface area contributed by atoms with Crippen molar-refractivity contribution in [3.8, 4) is 5.75 Å². The monoisotopic (exact) mass is 374 g/mol. The second-order valence-electron chi connectivity index (χ2n) is 6.42. The minimum absolute atomic E-state index is 0.0107. The van der Waals surface area contributed by atoms with Gasteiger partial charge < -0.3 is 15.0 Å². The quantitative estimate of drug-likeness (QED) is 0.846. The first kappa shape index (κ1) is 18.8. The molecule has 2 aromatic carbocycles.